The molecule has 0 unspecified atom stereocenters. The van der Waals surface area contributed by atoms with Gasteiger partial charge in [0.25, 0.3) is 0 Å². The van der Waals surface area contributed by atoms with Crippen LogP contribution < -0.4 is 14.5 Å². The van der Waals surface area contributed by atoms with Crippen molar-refractivity contribution in [1.29, 1.82) is 0 Å². The quantitative estimate of drug-likeness (QED) is 0.149. The van der Waals surface area contributed by atoms with Crippen molar-refractivity contribution in [2.75, 3.05) is 9.80 Å². The summed E-state index contributed by atoms with van der Waals surface area (Å²) < 4.78 is 38.8. The Hall–Kier alpha value is -6.56. The third kappa shape index (κ3) is 9.49. The maximum atomic E-state index is 14.8. The molecule has 0 amide bonds. The first kappa shape index (κ1) is 50.4. The minimum Gasteiger partial charge on any atom is -0.509 e. The van der Waals surface area contributed by atoms with E-state index in [2.05, 4.69) is 188 Å². The van der Waals surface area contributed by atoms with Crippen LogP contribution >= 0.6 is 0 Å². The Kier molecular flexibility index (Phi) is 12.9. The summed E-state index contributed by atoms with van der Waals surface area (Å²) in [6, 6.07) is 52.9. The summed E-state index contributed by atoms with van der Waals surface area (Å²) in [5.41, 5.74) is 12.8. The van der Waals surface area contributed by atoms with Gasteiger partial charge >= 0.3 is 0 Å². The molecule has 1 aliphatic rings. The number of hydrogen-bond donors (Lipinski definition) is 0. The first-order valence-corrected chi connectivity index (χ1v) is 24.5. The normalized spacial score (nSPS) is 13.2. The van der Waals surface area contributed by atoms with E-state index in [1.165, 1.54) is 34.4 Å². The van der Waals surface area contributed by atoms with Gasteiger partial charge in [-0.15, -0.1) is 53.6 Å². The van der Waals surface area contributed by atoms with Gasteiger partial charge in [-0.05, 0) is 109 Å². The number of benzene rings is 7. The zero-order valence-corrected chi connectivity index (χ0v) is 45.5. The van der Waals surface area contributed by atoms with E-state index in [9.17, 15) is 8.78 Å². The van der Waals surface area contributed by atoms with Crippen molar-refractivity contribution in [3.63, 3.8) is 0 Å². The van der Waals surface area contributed by atoms with Gasteiger partial charge in [-0.1, -0.05) is 149 Å². The van der Waals surface area contributed by atoms with Gasteiger partial charge in [0.15, 0.2) is 0 Å². The molecule has 1 aliphatic heterocycles. The summed E-state index contributed by atoms with van der Waals surface area (Å²) in [4.78, 5) is 9.12. The summed E-state index contributed by atoms with van der Waals surface area (Å²) in [5, 5.41) is 2.15. The summed E-state index contributed by atoms with van der Waals surface area (Å²) >= 11 is 0. The second-order valence-electron chi connectivity index (χ2n) is 23.0. The molecule has 0 fully saturated rings. The van der Waals surface area contributed by atoms with Crippen LogP contribution in [0.2, 0.25) is 0 Å². The van der Waals surface area contributed by atoms with Crippen LogP contribution in [0.3, 0.4) is 0 Å². The van der Waals surface area contributed by atoms with E-state index in [1.807, 2.05) is 55.3 Å². The largest absolute Gasteiger partial charge is 0.509 e. The molecule has 8 heteroatoms. The minimum atomic E-state index is -0.634. The zero-order chi connectivity index (χ0) is 50.4. The Morgan fingerprint density at radius 1 is 0.514 bits per heavy atom. The van der Waals surface area contributed by atoms with Gasteiger partial charge in [-0.25, -0.2) is 13.8 Å². The summed E-state index contributed by atoms with van der Waals surface area (Å²) in [5.74, 6) is 0.596. The number of pyridine rings is 1. The Balaban J connectivity index is 0.00000640. The number of fused-ring (bicyclic) bond motifs is 4. The van der Waals surface area contributed by atoms with Crippen LogP contribution in [0, 0.1) is 30.4 Å². The summed E-state index contributed by atoms with van der Waals surface area (Å²) in [6.07, 6.45) is 1.89. The SMILES string of the molecule is CC(C)(C)c1ccnc(-n2c3[c-]c(Oc4[c-]c(N5[CH-]N(c6ccccc6-c6cc(F)cc(F)c6)c6ccccc65)cc(-c5c(C(C)(C)C)cc(C(C)(C)C)cc5C(C)(C)C)c4)ccc3c3ccccc32)c1.[Pt]. The van der Waals surface area contributed by atoms with Gasteiger partial charge in [0.2, 0.25) is 0 Å². The molecular weight excluding hydrogens is 1070 g/mol. The zero-order valence-electron chi connectivity index (χ0n) is 43.2. The smallest absolute Gasteiger partial charge is 0.135 e. The van der Waals surface area contributed by atoms with Gasteiger partial charge in [0, 0.05) is 73.0 Å². The van der Waals surface area contributed by atoms with E-state index in [1.54, 1.807) is 0 Å². The standard InChI is InChI=1S/C64H61F2N4O.Pt/c1-61(2,3)42-27-28-67-59(35-42)70-55-22-16-14-20-50(55)51-26-25-47(38-58(51)70)71-48-32-41(60-52(63(7,8)9)33-43(62(4,5)6)34-53(60)64(10,11)12)31-46(37-48)68-39-69(57-24-18-17-23-56(57)68)54-21-15-13-19-49(54)40-29-44(65)36-45(66)30-40;/h13-36,39H,1-12H3;/q-3;. The van der Waals surface area contributed by atoms with Gasteiger partial charge in [-0.2, -0.15) is 6.07 Å². The molecule has 0 N–H and O–H groups in total. The molecule has 0 atom stereocenters. The monoisotopic (exact) mass is 1130 g/mol. The molecule has 2 aromatic heterocycles. The average Bonchev–Trinajstić information content (AvgIpc) is 3.86. The van der Waals surface area contributed by atoms with E-state index < -0.39 is 11.6 Å². The van der Waals surface area contributed by atoms with Gasteiger partial charge in [-0.3, -0.25) is 0 Å². The van der Waals surface area contributed by atoms with Crippen LogP contribution in [0.25, 0.3) is 49.9 Å². The number of aromatic nitrogens is 2. The Labute approximate surface area is 438 Å². The number of rotatable bonds is 7. The number of para-hydroxylation sites is 4. The molecule has 72 heavy (non-hydrogen) atoms. The molecule has 9 aromatic rings. The molecule has 0 bridgehead atoms. The van der Waals surface area contributed by atoms with E-state index >= 15 is 0 Å². The van der Waals surface area contributed by atoms with Crippen molar-refractivity contribution < 1.29 is 34.6 Å². The number of anilines is 4. The van der Waals surface area contributed by atoms with Crippen molar-refractivity contribution in [1.82, 2.24) is 9.55 Å². The molecule has 0 saturated carbocycles. The Bertz CT molecular complexity index is 3470. The molecule has 0 aliphatic carbocycles. The molecule has 3 heterocycles. The first-order chi connectivity index (χ1) is 33.5. The van der Waals surface area contributed by atoms with E-state index in [4.69, 9.17) is 9.72 Å². The second-order valence-corrected chi connectivity index (χ2v) is 23.0. The predicted octanol–water partition coefficient (Wildman–Crippen LogP) is 17.8. The van der Waals surface area contributed by atoms with E-state index in [0.29, 0.717) is 22.6 Å². The molecule has 7 aromatic carbocycles. The van der Waals surface area contributed by atoms with Crippen LogP contribution in [-0.2, 0) is 42.7 Å². The third-order valence-electron chi connectivity index (χ3n) is 13.6. The number of ether oxygens (including phenoxy) is 1. The van der Waals surface area contributed by atoms with Gasteiger partial charge < -0.3 is 19.1 Å². The molecule has 370 valence electrons. The van der Waals surface area contributed by atoms with Crippen molar-refractivity contribution in [3.8, 4) is 39.6 Å². The van der Waals surface area contributed by atoms with Crippen LogP contribution in [0.4, 0.5) is 31.5 Å². The van der Waals surface area contributed by atoms with Crippen molar-refractivity contribution in [3.05, 3.63) is 198 Å². The predicted molar refractivity (Wildman–Crippen MR) is 290 cm³/mol. The Morgan fingerprint density at radius 3 is 1.75 bits per heavy atom. The van der Waals surface area contributed by atoms with Crippen LogP contribution in [0.15, 0.2) is 146 Å². The average molecular weight is 1140 g/mol. The summed E-state index contributed by atoms with van der Waals surface area (Å²) in [6.45, 7) is 29.3. The maximum absolute atomic E-state index is 14.8. The molecule has 10 rings (SSSR count). The van der Waals surface area contributed by atoms with Gasteiger partial charge in [0.1, 0.15) is 17.5 Å². The van der Waals surface area contributed by atoms with Gasteiger partial charge in [0.05, 0.1) is 0 Å². The van der Waals surface area contributed by atoms with Crippen LogP contribution in [-0.4, -0.2) is 9.55 Å². The first-order valence-electron chi connectivity index (χ1n) is 24.5. The molecule has 0 radical (unpaired) electrons. The van der Waals surface area contributed by atoms with E-state index in [0.717, 1.165) is 67.6 Å². The number of nitrogens with zero attached hydrogens (tertiary/aromatic N) is 4. The molecular formula is C64H61F2N4OPt-3. The number of halogens is 2. The Morgan fingerprint density at radius 2 is 1.11 bits per heavy atom. The fourth-order valence-electron chi connectivity index (χ4n) is 9.86. The fourth-order valence-corrected chi connectivity index (χ4v) is 9.86. The molecule has 0 spiro atoms. The van der Waals surface area contributed by atoms with Crippen molar-refractivity contribution >= 4 is 44.6 Å². The number of hydrogen-bond acceptors (Lipinski definition) is 4. The maximum Gasteiger partial charge on any atom is 0.135 e. The second kappa shape index (κ2) is 18.5. The molecule has 0 saturated heterocycles. The van der Waals surface area contributed by atoms with Crippen molar-refractivity contribution in [2.24, 2.45) is 0 Å². The summed E-state index contributed by atoms with van der Waals surface area (Å²) in [7, 11) is 0. The molecule has 5 nitrogen and oxygen atoms in total. The van der Waals surface area contributed by atoms with Crippen LogP contribution in [0.5, 0.6) is 11.5 Å². The fraction of sp³-hybridized carbons (Fsp3) is 0.250. The third-order valence-corrected chi connectivity index (χ3v) is 13.6. The van der Waals surface area contributed by atoms with Crippen LogP contribution in [0.1, 0.15) is 105 Å². The van der Waals surface area contributed by atoms with Crippen molar-refractivity contribution in [2.45, 2.75) is 105 Å². The topological polar surface area (TPSA) is 33.5 Å². The van der Waals surface area contributed by atoms with E-state index in [-0.39, 0.29) is 42.7 Å². The minimum absolute atomic E-state index is 0.